The van der Waals surface area contributed by atoms with E-state index in [9.17, 15) is 4.79 Å². The zero-order valence-electron chi connectivity index (χ0n) is 10.9. The predicted molar refractivity (Wildman–Crippen MR) is 79.9 cm³/mol. The molecule has 0 aliphatic rings. The van der Waals surface area contributed by atoms with Gasteiger partial charge in [0.15, 0.2) is 0 Å². The van der Waals surface area contributed by atoms with Crippen LogP contribution in [0.1, 0.15) is 13.3 Å². The number of hydrogen-bond acceptors (Lipinski definition) is 4. The highest BCUT2D eigenvalue weighted by Gasteiger charge is 2.15. The summed E-state index contributed by atoms with van der Waals surface area (Å²) < 4.78 is 0. The van der Waals surface area contributed by atoms with Gasteiger partial charge in [0.25, 0.3) is 0 Å². The molecule has 18 heavy (non-hydrogen) atoms. The molecule has 0 unspecified atom stereocenters. The molecule has 0 aliphatic heterocycles. The fourth-order valence-corrected chi connectivity index (χ4v) is 2.29. The van der Waals surface area contributed by atoms with Gasteiger partial charge in [-0.25, -0.2) is 0 Å². The summed E-state index contributed by atoms with van der Waals surface area (Å²) in [5, 5.41) is 5.91. The predicted octanol–water partition coefficient (Wildman–Crippen LogP) is 1.94. The van der Waals surface area contributed by atoms with Gasteiger partial charge in [-0.1, -0.05) is 13.0 Å². The molecule has 1 atom stereocenters. The second kappa shape index (κ2) is 8.00. The maximum absolute atomic E-state index is 12.0. The van der Waals surface area contributed by atoms with Gasteiger partial charge in [-0.05, 0) is 43.2 Å². The first-order valence-corrected chi connectivity index (χ1v) is 7.24. The Kier molecular flexibility index (Phi) is 6.60. The van der Waals surface area contributed by atoms with Gasteiger partial charge >= 0.3 is 0 Å². The summed E-state index contributed by atoms with van der Waals surface area (Å²) in [6.07, 6.45) is 0.823. The van der Waals surface area contributed by atoms with E-state index < -0.39 is 0 Å². The number of nitrogens with two attached hydrogens (primary N) is 1. The third-order valence-electron chi connectivity index (χ3n) is 2.57. The minimum atomic E-state index is -0.162. The van der Waals surface area contributed by atoms with E-state index in [1.165, 1.54) is 0 Å². The number of amides is 1. The lowest BCUT2D eigenvalue weighted by Gasteiger charge is -2.15. The van der Waals surface area contributed by atoms with E-state index >= 15 is 0 Å². The molecule has 0 saturated heterocycles. The Morgan fingerprint density at radius 3 is 2.89 bits per heavy atom. The van der Waals surface area contributed by atoms with Gasteiger partial charge in [0.05, 0.1) is 6.04 Å². The van der Waals surface area contributed by atoms with Crippen LogP contribution in [0, 0.1) is 0 Å². The van der Waals surface area contributed by atoms with E-state index in [1.54, 1.807) is 19.2 Å². The van der Waals surface area contributed by atoms with Gasteiger partial charge in [0, 0.05) is 11.4 Å². The van der Waals surface area contributed by atoms with Crippen LogP contribution in [0.4, 0.5) is 11.4 Å². The second-order valence-corrected chi connectivity index (χ2v) is 5.34. The summed E-state index contributed by atoms with van der Waals surface area (Å²) in [6.45, 7) is 2.12. The number of likely N-dealkylation sites (N-methyl/N-ethyl adjacent to an activating group) is 1. The number of hydrogen-bond donors (Lipinski definition) is 3. The zero-order valence-corrected chi connectivity index (χ0v) is 11.7. The second-order valence-electron chi connectivity index (χ2n) is 3.94. The Labute approximate surface area is 113 Å². The van der Waals surface area contributed by atoms with Gasteiger partial charge in [0.1, 0.15) is 0 Å². The van der Waals surface area contributed by atoms with Crippen LogP contribution in [0.5, 0.6) is 0 Å². The maximum atomic E-state index is 12.0. The first-order valence-electron chi connectivity index (χ1n) is 6.08. The van der Waals surface area contributed by atoms with Gasteiger partial charge in [-0.2, -0.15) is 11.8 Å². The van der Waals surface area contributed by atoms with Crippen LogP contribution in [0.2, 0.25) is 0 Å². The average molecular weight is 267 g/mol. The minimum absolute atomic E-state index is 0.0141. The minimum Gasteiger partial charge on any atom is -0.399 e. The standard InChI is InChI=1S/C13H21N3OS/c1-3-18-8-7-12(15-2)13(17)16-11-6-4-5-10(14)9-11/h4-6,9,12,15H,3,7-8,14H2,1-2H3,(H,16,17)/t12-/m0/s1. The largest absolute Gasteiger partial charge is 0.399 e. The molecule has 1 aromatic carbocycles. The average Bonchev–Trinajstić information content (AvgIpc) is 2.34. The molecule has 0 fully saturated rings. The molecule has 1 rings (SSSR count). The van der Waals surface area contributed by atoms with Crippen LogP contribution in [-0.2, 0) is 4.79 Å². The van der Waals surface area contributed by atoms with Crippen molar-refractivity contribution in [3.8, 4) is 0 Å². The molecule has 1 amide bonds. The number of nitrogens with one attached hydrogen (secondary N) is 2. The SMILES string of the molecule is CCSCC[C@H](NC)C(=O)Nc1cccc(N)c1. The molecule has 100 valence electrons. The van der Waals surface area contributed by atoms with Crippen molar-refractivity contribution in [2.45, 2.75) is 19.4 Å². The van der Waals surface area contributed by atoms with E-state index in [0.29, 0.717) is 5.69 Å². The van der Waals surface area contributed by atoms with Crippen LogP contribution in [-0.4, -0.2) is 30.5 Å². The molecule has 0 spiro atoms. The smallest absolute Gasteiger partial charge is 0.241 e. The number of anilines is 2. The Balaban J connectivity index is 2.51. The third-order valence-corrected chi connectivity index (χ3v) is 3.51. The third kappa shape index (κ3) is 4.98. The molecule has 0 saturated carbocycles. The molecule has 0 heterocycles. The first-order chi connectivity index (χ1) is 8.67. The molecule has 0 aliphatic carbocycles. The van der Waals surface area contributed by atoms with Crippen molar-refractivity contribution in [2.24, 2.45) is 0 Å². The Bertz CT molecular complexity index is 384. The number of carbonyl (C=O) groups is 1. The summed E-state index contributed by atoms with van der Waals surface area (Å²) in [5.74, 6) is 2.04. The Morgan fingerprint density at radius 1 is 1.50 bits per heavy atom. The molecule has 4 nitrogen and oxygen atoms in total. The lowest BCUT2D eigenvalue weighted by atomic mass is 10.2. The number of nitrogen functional groups attached to an aromatic ring is 1. The number of rotatable bonds is 7. The van der Waals surface area contributed by atoms with Crippen molar-refractivity contribution >= 4 is 29.0 Å². The van der Waals surface area contributed by atoms with Gasteiger partial charge in [0.2, 0.25) is 5.91 Å². The van der Waals surface area contributed by atoms with Gasteiger partial charge < -0.3 is 16.4 Å². The number of benzene rings is 1. The number of thioether (sulfide) groups is 1. The van der Waals surface area contributed by atoms with Crippen LogP contribution in [0.3, 0.4) is 0 Å². The molecular formula is C13H21N3OS. The molecule has 5 heteroatoms. The van der Waals surface area contributed by atoms with Crippen molar-refractivity contribution in [2.75, 3.05) is 29.6 Å². The lowest BCUT2D eigenvalue weighted by molar-refractivity contribution is -0.118. The Morgan fingerprint density at radius 2 is 2.28 bits per heavy atom. The van der Waals surface area contributed by atoms with E-state index in [0.717, 1.165) is 23.6 Å². The molecule has 1 aromatic rings. The molecule has 0 radical (unpaired) electrons. The summed E-state index contributed by atoms with van der Waals surface area (Å²) in [5.41, 5.74) is 7.06. The first kappa shape index (κ1) is 14.9. The Hall–Kier alpha value is -1.20. The molecular weight excluding hydrogens is 246 g/mol. The summed E-state index contributed by atoms with van der Waals surface area (Å²) in [7, 11) is 1.81. The normalized spacial score (nSPS) is 12.1. The van der Waals surface area contributed by atoms with Crippen molar-refractivity contribution in [3.63, 3.8) is 0 Å². The van der Waals surface area contributed by atoms with Crippen LogP contribution in [0.25, 0.3) is 0 Å². The van der Waals surface area contributed by atoms with Crippen molar-refractivity contribution < 1.29 is 4.79 Å². The highest BCUT2D eigenvalue weighted by molar-refractivity contribution is 7.99. The van der Waals surface area contributed by atoms with Gasteiger partial charge in [-0.15, -0.1) is 0 Å². The number of carbonyl (C=O) groups excluding carboxylic acids is 1. The fraction of sp³-hybridized carbons (Fsp3) is 0.462. The monoisotopic (exact) mass is 267 g/mol. The summed E-state index contributed by atoms with van der Waals surface area (Å²) in [4.78, 5) is 12.0. The quantitative estimate of drug-likeness (QED) is 0.522. The van der Waals surface area contributed by atoms with E-state index in [1.807, 2.05) is 23.9 Å². The summed E-state index contributed by atoms with van der Waals surface area (Å²) >= 11 is 1.84. The van der Waals surface area contributed by atoms with E-state index in [4.69, 9.17) is 5.73 Å². The van der Waals surface area contributed by atoms with Crippen LogP contribution < -0.4 is 16.4 Å². The zero-order chi connectivity index (χ0) is 13.4. The summed E-state index contributed by atoms with van der Waals surface area (Å²) in [6, 6.07) is 7.05. The maximum Gasteiger partial charge on any atom is 0.241 e. The van der Waals surface area contributed by atoms with Crippen LogP contribution >= 0.6 is 11.8 Å². The van der Waals surface area contributed by atoms with Crippen molar-refractivity contribution in [1.29, 1.82) is 0 Å². The molecule has 0 bridgehead atoms. The van der Waals surface area contributed by atoms with Crippen molar-refractivity contribution in [1.82, 2.24) is 5.32 Å². The highest BCUT2D eigenvalue weighted by Crippen LogP contribution is 2.13. The van der Waals surface area contributed by atoms with Crippen molar-refractivity contribution in [3.05, 3.63) is 24.3 Å². The van der Waals surface area contributed by atoms with Crippen LogP contribution in [0.15, 0.2) is 24.3 Å². The molecule has 0 aromatic heterocycles. The highest BCUT2D eigenvalue weighted by atomic mass is 32.2. The topological polar surface area (TPSA) is 67.2 Å². The lowest BCUT2D eigenvalue weighted by Crippen LogP contribution is -2.38. The van der Waals surface area contributed by atoms with E-state index in [2.05, 4.69) is 17.6 Å². The fourth-order valence-electron chi connectivity index (χ4n) is 1.60. The van der Waals surface area contributed by atoms with Gasteiger partial charge in [-0.3, -0.25) is 4.79 Å². The van der Waals surface area contributed by atoms with E-state index in [-0.39, 0.29) is 11.9 Å². The molecule has 4 N–H and O–H groups in total.